The van der Waals surface area contributed by atoms with Crippen LogP contribution in [0.1, 0.15) is 5.82 Å². The van der Waals surface area contributed by atoms with Gasteiger partial charge in [-0.2, -0.15) is 0 Å². The van der Waals surface area contributed by atoms with E-state index in [1.807, 2.05) is 24.3 Å². The summed E-state index contributed by atoms with van der Waals surface area (Å²) in [7, 11) is 0. The topological polar surface area (TPSA) is 68.8 Å². The number of imidazole rings is 1. The Balaban J connectivity index is 2.44. The van der Waals surface area contributed by atoms with E-state index in [4.69, 9.17) is 0 Å². The number of nitrogens with zero attached hydrogens (tertiary/aromatic N) is 1. The number of carbonyl (C=O) groups is 1. The maximum absolute atomic E-state index is 10.3. The molecular formula is C9H7N2O2-. The van der Waals surface area contributed by atoms with Crippen LogP contribution in [0.2, 0.25) is 0 Å². The third kappa shape index (κ3) is 1.51. The number of rotatable bonds is 2. The lowest BCUT2D eigenvalue weighted by atomic mass is 10.3. The van der Waals surface area contributed by atoms with E-state index in [1.165, 1.54) is 0 Å². The van der Waals surface area contributed by atoms with Gasteiger partial charge in [0.25, 0.3) is 0 Å². The van der Waals surface area contributed by atoms with Gasteiger partial charge in [-0.1, -0.05) is 12.1 Å². The van der Waals surface area contributed by atoms with E-state index in [0.29, 0.717) is 5.82 Å². The maximum Gasteiger partial charge on any atom is 0.112 e. The molecule has 0 saturated heterocycles. The largest absolute Gasteiger partial charge is 0.550 e. The highest BCUT2D eigenvalue weighted by Gasteiger charge is 2.00. The average Bonchev–Trinajstić information content (AvgIpc) is 2.44. The van der Waals surface area contributed by atoms with Crippen molar-refractivity contribution in [3.8, 4) is 0 Å². The Kier molecular flexibility index (Phi) is 1.73. The Hall–Kier alpha value is -1.84. The number of carboxylic acid groups (broad SMARTS) is 1. The summed E-state index contributed by atoms with van der Waals surface area (Å²) in [4.78, 5) is 17.2. The van der Waals surface area contributed by atoms with Crippen LogP contribution in [-0.2, 0) is 11.2 Å². The molecule has 2 aromatic rings. The molecule has 66 valence electrons. The Morgan fingerprint density at radius 1 is 1.46 bits per heavy atom. The molecule has 1 aromatic heterocycles. The van der Waals surface area contributed by atoms with Crippen LogP contribution in [0.5, 0.6) is 0 Å². The lowest BCUT2D eigenvalue weighted by Crippen LogP contribution is -2.24. The molecule has 0 fully saturated rings. The van der Waals surface area contributed by atoms with Gasteiger partial charge in [-0.15, -0.1) is 0 Å². The van der Waals surface area contributed by atoms with Crippen LogP contribution in [-0.4, -0.2) is 15.9 Å². The minimum Gasteiger partial charge on any atom is -0.550 e. The van der Waals surface area contributed by atoms with Crippen LogP contribution in [0.4, 0.5) is 0 Å². The summed E-state index contributed by atoms with van der Waals surface area (Å²) < 4.78 is 0. The van der Waals surface area contributed by atoms with Crippen molar-refractivity contribution >= 4 is 17.0 Å². The Morgan fingerprint density at radius 3 is 2.92 bits per heavy atom. The highest BCUT2D eigenvalue weighted by molar-refractivity contribution is 5.76. The number of carboxylic acids is 1. The van der Waals surface area contributed by atoms with Gasteiger partial charge >= 0.3 is 0 Å². The van der Waals surface area contributed by atoms with Crippen molar-refractivity contribution in [3.63, 3.8) is 0 Å². The third-order valence-electron chi connectivity index (χ3n) is 1.75. The molecule has 1 aromatic carbocycles. The zero-order chi connectivity index (χ0) is 9.26. The van der Waals surface area contributed by atoms with E-state index >= 15 is 0 Å². The fourth-order valence-electron chi connectivity index (χ4n) is 1.23. The minimum atomic E-state index is -1.13. The zero-order valence-electron chi connectivity index (χ0n) is 6.78. The summed E-state index contributed by atoms with van der Waals surface area (Å²) in [6.07, 6.45) is -0.172. The molecule has 0 radical (unpaired) electrons. The monoisotopic (exact) mass is 175 g/mol. The van der Waals surface area contributed by atoms with E-state index in [9.17, 15) is 9.90 Å². The molecule has 13 heavy (non-hydrogen) atoms. The van der Waals surface area contributed by atoms with Gasteiger partial charge in [-0.25, -0.2) is 4.98 Å². The second-order valence-electron chi connectivity index (χ2n) is 2.75. The lowest BCUT2D eigenvalue weighted by molar-refractivity contribution is -0.304. The first-order chi connectivity index (χ1) is 6.25. The van der Waals surface area contributed by atoms with Crippen molar-refractivity contribution in [1.82, 2.24) is 9.97 Å². The molecule has 0 unspecified atom stereocenters. The van der Waals surface area contributed by atoms with Crippen LogP contribution >= 0.6 is 0 Å². The summed E-state index contributed by atoms with van der Waals surface area (Å²) in [5.41, 5.74) is 1.62. The van der Waals surface area contributed by atoms with Gasteiger partial charge in [0, 0.05) is 12.4 Å². The Bertz CT molecular complexity index is 415. The predicted octanol–water partition coefficient (Wildman–Crippen LogP) is -0.145. The predicted molar refractivity (Wildman–Crippen MR) is 44.8 cm³/mol. The second-order valence-corrected chi connectivity index (χ2v) is 2.75. The van der Waals surface area contributed by atoms with Crippen LogP contribution < -0.4 is 5.11 Å². The number of fused-ring (bicyclic) bond motifs is 1. The lowest BCUT2D eigenvalue weighted by Gasteiger charge is -1.95. The number of para-hydroxylation sites is 2. The third-order valence-corrected chi connectivity index (χ3v) is 1.75. The smallest absolute Gasteiger partial charge is 0.112 e. The number of aliphatic carboxylic acids is 1. The molecule has 0 atom stereocenters. The highest BCUT2D eigenvalue weighted by Crippen LogP contribution is 2.09. The van der Waals surface area contributed by atoms with Gasteiger partial charge in [-0.05, 0) is 12.1 Å². The summed E-state index contributed by atoms with van der Waals surface area (Å²) in [6.45, 7) is 0. The van der Waals surface area contributed by atoms with Crippen molar-refractivity contribution in [2.45, 2.75) is 6.42 Å². The molecule has 0 aliphatic rings. The normalized spacial score (nSPS) is 10.5. The molecule has 4 nitrogen and oxygen atoms in total. The van der Waals surface area contributed by atoms with Crippen molar-refractivity contribution in [3.05, 3.63) is 30.1 Å². The molecule has 0 aliphatic heterocycles. The van der Waals surface area contributed by atoms with Crippen molar-refractivity contribution in [2.24, 2.45) is 0 Å². The Morgan fingerprint density at radius 2 is 2.23 bits per heavy atom. The number of nitrogens with one attached hydrogen (secondary N) is 1. The SMILES string of the molecule is O=C([O-])Cc1nc2ccccc2[nH]1. The standard InChI is InChI=1S/C9H8N2O2/c12-9(13)5-8-10-6-3-1-2-4-7(6)11-8/h1-4H,5H2,(H,10,11)(H,12,13)/p-1. The minimum absolute atomic E-state index is 0.172. The fraction of sp³-hybridized carbons (Fsp3) is 0.111. The molecule has 2 rings (SSSR count). The quantitative estimate of drug-likeness (QED) is 0.690. The van der Waals surface area contributed by atoms with Crippen molar-refractivity contribution < 1.29 is 9.90 Å². The van der Waals surface area contributed by atoms with E-state index in [-0.39, 0.29) is 6.42 Å². The first kappa shape index (κ1) is 7.79. The number of aromatic nitrogens is 2. The maximum atomic E-state index is 10.3. The van der Waals surface area contributed by atoms with Crippen LogP contribution in [0.3, 0.4) is 0 Å². The molecule has 0 spiro atoms. The van der Waals surface area contributed by atoms with E-state index < -0.39 is 5.97 Å². The number of hydrogen-bond acceptors (Lipinski definition) is 3. The van der Waals surface area contributed by atoms with E-state index in [1.54, 1.807) is 0 Å². The molecule has 0 bridgehead atoms. The van der Waals surface area contributed by atoms with Gasteiger partial charge < -0.3 is 14.9 Å². The molecule has 0 amide bonds. The molecule has 1 N–H and O–H groups in total. The van der Waals surface area contributed by atoms with Gasteiger partial charge in [0.05, 0.1) is 11.0 Å². The summed E-state index contributed by atoms with van der Waals surface area (Å²) in [5.74, 6) is -0.694. The van der Waals surface area contributed by atoms with Gasteiger partial charge in [0.2, 0.25) is 0 Å². The van der Waals surface area contributed by atoms with Crippen LogP contribution in [0.15, 0.2) is 24.3 Å². The average molecular weight is 175 g/mol. The second kappa shape index (κ2) is 2.90. The molecule has 4 heteroatoms. The zero-order valence-corrected chi connectivity index (χ0v) is 6.78. The Labute approximate surface area is 74.2 Å². The first-order valence-electron chi connectivity index (χ1n) is 3.89. The number of benzene rings is 1. The van der Waals surface area contributed by atoms with Gasteiger partial charge in [-0.3, -0.25) is 0 Å². The highest BCUT2D eigenvalue weighted by atomic mass is 16.4. The fourth-order valence-corrected chi connectivity index (χ4v) is 1.23. The molecule has 0 aliphatic carbocycles. The number of carbonyl (C=O) groups excluding carboxylic acids is 1. The van der Waals surface area contributed by atoms with E-state index in [2.05, 4.69) is 9.97 Å². The van der Waals surface area contributed by atoms with Crippen molar-refractivity contribution in [2.75, 3.05) is 0 Å². The van der Waals surface area contributed by atoms with Crippen LogP contribution in [0.25, 0.3) is 11.0 Å². The van der Waals surface area contributed by atoms with Gasteiger partial charge in [0.1, 0.15) is 5.82 Å². The van der Waals surface area contributed by atoms with Crippen molar-refractivity contribution in [1.29, 1.82) is 0 Å². The van der Waals surface area contributed by atoms with E-state index in [0.717, 1.165) is 11.0 Å². The molecular weight excluding hydrogens is 168 g/mol. The molecule has 0 saturated carbocycles. The summed E-state index contributed by atoms with van der Waals surface area (Å²) in [6, 6.07) is 7.39. The molecule has 1 heterocycles. The summed E-state index contributed by atoms with van der Waals surface area (Å²) in [5, 5.41) is 10.3. The first-order valence-corrected chi connectivity index (χ1v) is 3.89. The van der Waals surface area contributed by atoms with Crippen LogP contribution in [0, 0.1) is 0 Å². The number of hydrogen-bond donors (Lipinski definition) is 1. The summed E-state index contributed by atoms with van der Waals surface area (Å²) >= 11 is 0. The number of aromatic amines is 1. The number of H-pyrrole nitrogens is 1. The van der Waals surface area contributed by atoms with Gasteiger partial charge in [0.15, 0.2) is 0 Å².